The molecular formula is C39H47N3O8S. The van der Waals surface area contributed by atoms with Gasteiger partial charge >= 0.3 is 0 Å². The van der Waals surface area contributed by atoms with Crippen molar-refractivity contribution in [3.63, 3.8) is 0 Å². The molecule has 0 saturated carbocycles. The van der Waals surface area contributed by atoms with Crippen molar-refractivity contribution in [2.24, 2.45) is 0 Å². The van der Waals surface area contributed by atoms with Crippen molar-refractivity contribution in [2.75, 3.05) is 39.3 Å². The van der Waals surface area contributed by atoms with Gasteiger partial charge in [-0.1, -0.05) is 54.6 Å². The highest BCUT2D eigenvalue weighted by molar-refractivity contribution is 7.92. The van der Waals surface area contributed by atoms with Crippen LogP contribution in [0.1, 0.15) is 37.5 Å². The number of hydrogen-bond donors (Lipinski definition) is 1. The molecule has 4 rings (SSSR count). The topological polar surface area (TPSA) is 124 Å². The highest BCUT2D eigenvalue weighted by Crippen LogP contribution is 2.38. The summed E-state index contributed by atoms with van der Waals surface area (Å²) in [7, 11) is 1.21. The number of anilines is 1. The summed E-state index contributed by atoms with van der Waals surface area (Å²) in [5.74, 6) is 0.0543. The molecule has 0 aromatic heterocycles. The van der Waals surface area contributed by atoms with E-state index in [0.29, 0.717) is 11.5 Å². The van der Waals surface area contributed by atoms with Crippen LogP contribution in [0, 0.1) is 6.92 Å². The number of carbonyl (C=O) groups excluding carboxylic acids is 2. The van der Waals surface area contributed by atoms with Gasteiger partial charge in [-0.15, -0.1) is 0 Å². The molecule has 272 valence electrons. The molecule has 1 unspecified atom stereocenters. The van der Waals surface area contributed by atoms with E-state index < -0.39 is 34.1 Å². The number of carbonyl (C=O) groups is 2. The van der Waals surface area contributed by atoms with Crippen molar-refractivity contribution < 1.29 is 37.0 Å². The van der Waals surface area contributed by atoms with E-state index in [9.17, 15) is 18.0 Å². The van der Waals surface area contributed by atoms with Crippen LogP contribution in [0.2, 0.25) is 0 Å². The summed E-state index contributed by atoms with van der Waals surface area (Å²) in [5, 5.41) is 3.05. The molecule has 0 aliphatic heterocycles. The van der Waals surface area contributed by atoms with Crippen LogP contribution in [0.25, 0.3) is 0 Å². The monoisotopic (exact) mass is 717 g/mol. The van der Waals surface area contributed by atoms with E-state index in [0.717, 1.165) is 21.0 Å². The quantitative estimate of drug-likeness (QED) is 0.164. The minimum Gasteiger partial charge on any atom is -0.497 e. The molecular weight excluding hydrogens is 671 g/mol. The fourth-order valence-corrected chi connectivity index (χ4v) is 7.02. The molecule has 1 atom stereocenters. The molecule has 0 spiro atoms. The largest absolute Gasteiger partial charge is 0.497 e. The number of rotatable bonds is 15. The van der Waals surface area contributed by atoms with Crippen molar-refractivity contribution in [3.05, 3.63) is 108 Å². The highest BCUT2D eigenvalue weighted by atomic mass is 32.2. The molecule has 11 nitrogen and oxygen atoms in total. The molecule has 0 radical (unpaired) electrons. The molecule has 4 aromatic carbocycles. The fourth-order valence-electron chi connectivity index (χ4n) is 5.59. The van der Waals surface area contributed by atoms with Crippen LogP contribution in [0.3, 0.4) is 0 Å². The molecule has 0 aliphatic carbocycles. The molecule has 0 bridgehead atoms. The van der Waals surface area contributed by atoms with Gasteiger partial charge in [0.15, 0.2) is 11.5 Å². The normalized spacial score (nSPS) is 12.0. The Morgan fingerprint density at radius 2 is 1.39 bits per heavy atom. The Bertz CT molecular complexity index is 1930. The lowest BCUT2D eigenvalue weighted by molar-refractivity contribution is -0.140. The summed E-state index contributed by atoms with van der Waals surface area (Å²) in [6, 6.07) is 24.8. The van der Waals surface area contributed by atoms with E-state index in [1.165, 1.54) is 57.6 Å². The highest BCUT2D eigenvalue weighted by Gasteiger charge is 2.37. The Balaban J connectivity index is 1.92. The van der Waals surface area contributed by atoms with Gasteiger partial charge in [0.2, 0.25) is 11.8 Å². The van der Waals surface area contributed by atoms with Gasteiger partial charge < -0.3 is 29.2 Å². The lowest BCUT2D eigenvalue weighted by Crippen LogP contribution is -2.56. The zero-order valence-corrected chi connectivity index (χ0v) is 31.2. The van der Waals surface area contributed by atoms with E-state index in [4.69, 9.17) is 18.9 Å². The number of hydrogen-bond acceptors (Lipinski definition) is 8. The van der Waals surface area contributed by atoms with Crippen LogP contribution in [0.5, 0.6) is 23.0 Å². The second-order valence-electron chi connectivity index (χ2n) is 13.0. The minimum atomic E-state index is -4.50. The third-order valence-corrected chi connectivity index (χ3v) is 10.0. The number of nitrogens with zero attached hydrogens (tertiary/aromatic N) is 2. The van der Waals surface area contributed by atoms with Crippen LogP contribution < -0.4 is 28.6 Å². The van der Waals surface area contributed by atoms with Crippen molar-refractivity contribution >= 4 is 27.5 Å². The zero-order chi connectivity index (χ0) is 37.3. The van der Waals surface area contributed by atoms with Gasteiger partial charge in [0, 0.05) is 30.6 Å². The lowest BCUT2D eigenvalue weighted by atomic mass is 10.00. The number of benzene rings is 4. The van der Waals surface area contributed by atoms with E-state index in [1.807, 2.05) is 82.3 Å². The third-order valence-electron chi connectivity index (χ3n) is 8.25. The van der Waals surface area contributed by atoms with Gasteiger partial charge in [0.05, 0.1) is 39.0 Å². The zero-order valence-electron chi connectivity index (χ0n) is 30.4. The molecule has 4 aromatic rings. The fraction of sp³-hybridized carbons (Fsp3) is 0.333. The predicted molar refractivity (Wildman–Crippen MR) is 197 cm³/mol. The van der Waals surface area contributed by atoms with Crippen LogP contribution in [0.4, 0.5) is 5.69 Å². The maximum Gasteiger partial charge on any atom is 0.265 e. The maximum absolute atomic E-state index is 14.9. The van der Waals surface area contributed by atoms with Crippen LogP contribution >= 0.6 is 0 Å². The first-order valence-electron chi connectivity index (χ1n) is 16.4. The number of nitrogens with one attached hydrogen (secondary N) is 1. The summed E-state index contributed by atoms with van der Waals surface area (Å²) in [4.78, 5) is 30.4. The Morgan fingerprint density at radius 1 is 0.765 bits per heavy atom. The third kappa shape index (κ3) is 9.52. The summed E-state index contributed by atoms with van der Waals surface area (Å²) in [5.41, 5.74) is 2.00. The minimum absolute atomic E-state index is 0.0417. The molecule has 0 saturated heterocycles. The van der Waals surface area contributed by atoms with Gasteiger partial charge in [-0.25, -0.2) is 8.42 Å². The SMILES string of the molecule is COc1ccc(OC)c(N(CC(=O)N(Cc2ccccc2C)C(Cc2ccccc2)C(=O)NC(C)(C)C)S(=O)(=O)c2ccc(OC)c(OC)c2)c1. The van der Waals surface area contributed by atoms with E-state index >= 15 is 0 Å². The number of ether oxygens (including phenoxy) is 4. The van der Waals surface area contributed by atoms with Crippen molar-refractivity contribution in [1.82, 2.24) is 10.2 Å². The van der Waals surface area contributed by atoms with Gasteiger partial charge in [0.1, 0.15) is 24.1 Å². The van der Waals surface area contributed by atoms with Crippen LogP contribution in [-0.4, -0.2) is 71.7 Å². The first kappa shape index (κ1) is 38.6. The molecule has 2 amide bonds. The average molecular weight is 718 g/mol. The average Bonchev–Trinajstić information content (AvgIpc) is 3.11. The van der Waals surface area contributed by atoms with E-state index in [1.54, 1.807) is 12.1 Å². The summed E-state index contributed by atoms with van der Waals surface area (Å²) in [6.45, 7) is 6.88. The van der Waals surface area contributed by atoms with E-state index in [-0.39, 0.29) is 41.0 Å². The summed E-state index contributed by atoms with van der Waals surface area (Å²) >= 11 is 0. The molecule has 0 aliphatic rings. The molecule has 1 N–H and O–H groups in total. The molecule has 51 heavy (non-hydrogen) atoms. The maximum atomic E-state index is 14.9. The van der Waals surface area contributed by atoms with Crippen LogP contribution in [-0.2, 0) is 32.6 Å². The predicted octanol–water partition coefficient (Wildman–Crippen LogP) is 5.78. The van der Waals surface area contributed by atoms with Gasteiger partial charge in [-0.3, -0.25) is 13.9 Å². The van der Waals surface area contributed by atoms with Crippen molar-refractivity contribution in [3.8, 4) is 23.0 Å². The van der Waals surface area contributed by atoms with Gasteiger partial charge in [-0.05, 0) is 68.7 Å². The Hall–Kier alpha value is -5.23. The second kappa shape index (κ2) is 16.7. The second-order valence-corrected chi connectivity index (χ2v) is 14.8. The number of aryl methyl sites for hydroxylation is 1. The van der Waals surface area contributed by atoms with Crippen LogP contribution in [0.15, 0.2) is 95.9 Å². The molecule has 0 fully saturated rings. The molecule has 0 heterocycles. The number of amides is 2. The smallest absolute Gasteiger partial charge is 0.265 e. The van der Waals surface area contributed by atoms with Gasteiger partial charge in [0.25, 0.3) is 10.0 Å². The standard InChI is InChI=1S/C39H47N3O8S/c1-27-14-12-13-17-29(27)25-41(33(38(44)40-39(2,3)4)22-28-15-10-9-11-16-28)37(43)26-42(32-23-30(47-5)18-20-34(32)48-6)51(45,46)31-19-21-35(49-7)36(24-31)50-8/h9-21,23-24,33H,22,25-26H2,1-8H3,(H,40,44). The number of methoxy groups -OCH3 is 4. The van der Waals surface area contributed by atoms with Crippen molar-refractivity contribution in [2.45, 2.75) is 57.1 Å². The molecule has 12 heteroatoms. The van der Waals surface area contributed by atoms with Gasteiger partial charge in [-0.2, -0.15) is 0 Å². The van der Waals surface area contributed by atoms with Crippen molar-refractivity contribution in [1.29, 1.82) is 0 Å². The lowest BCUT2D eigenvalue weighted by Gasteiger charge is -2.35. The first-order chi connectivity index (χ1) is 24.2. The Kier molecular flexibility index (Phi) is 12.6. The number of sulfonamides is 1. The summed E-state index contributed by atoms with van der Waals surface area (Å²) in [6.07, 6.45) is 0.186. The Morgan fingerprint density at radius 3 is 2.00 bits per heavy atom. The Labute approximate surface area is 301 Å². The summed E-state index contributed by atoms with van der Waals surface area (Å²) < 4.78 is 52.2. The van der Waals surface area contributed by atoms with E-state index in [2.05, 4.69) is 5.32 Å². The first-order valence-corrected chi connectivity index (χ1v) is 17.8.